The van der Waals surface area contributed by atoms with Crippen LogP contribution in [0.5, 0.6) is 0 Å². The maximum atomic E-state index is 6.31. The zero-order valence-corrected chi connectivity index (χ0v) is 14.1. The van der Waals surface area contributed by atoms with Crippen LogP contribution >= 0.6 is 11.6 Å². The largest absolute Gasteiger partial charge is 0.281 e. The number of nitrogens with zero attached hydrogens (tertiary/aromatic N) is 1. The third-order valence-electron chi connectivity index (χ3n) is 4.55. The second-order valence-corrected chi connectivity index (χ2v) is 6.51. The van der Waals surface area contributed by atoms with Crippen molar-refractivity contribution < 1.29 is 0 Å². The molecule has 118 valence electrons. The highest BCUT2D eigenvalue weighted by Crippen LogP contribution is 2.33. The van der Waals surface area contributed by atoms with E-state index in [1.54, 1.807) is 0 Å². The maximum Gasteiger partial charge on any atom is 0.0756 e. The van der Waals surface area contributed by atoms with E-state index >= 15 is 0 Å². The highest BCUT2D eigenvalue weighted by Gasteiger charge is 2.21. The highest BCUT2D eigenvalue weighted by molar-refractivity contribution is 6.34. The lowest BCUT2D eigenvalue weighted by Gasteiger charge is -2.08. The van der Waals surface area contributed by atoms with Crippen LogP contribution in [0.2, 0.25) is 5.02 Å². The molecule has 4 rings (SSSR count). The quantitative estimate of drug-likeness (QED) is 0.531. The molecule has 3 aromatic rings. The first kappa shape index (κ1) is 15.2. The zero-order valence-electron chi connectivity index (χ0n) is 13.3. The Bertz CT molecular complexity index is 866. The average Bonchev–Trinajstić information content (AvgIpc) is 3.13. The van der Waals surface area contributed by atoms with E-state index in [1.165, 1.54) is 16.7 Å². The number of aliphatic imine (C=N–C) groups is 1. The fourth-order valence-electron chi connectivity index (χ4n) is 3.26. The molecular formula is C22H18ClN. The van der Waals surface area contributed by atoms with Gasteiger partial charge in [-0.05, 0) is 35.6 Å². The summed E-state index contributed by atoms with van der Waals surface area (Å²) in [5, 5.41) is 0.788. The smallest absolute Gasteiger partial charge is 0.0756 e. The molecule has 0 amide bonds. The van der Waals surface area contributed by atoms with Gasteiger partial charge in [0.05, 0.1) is 6.04 Å². The molecule has 0 aliphatic carbocycles. The number of rotatable bonds is 3. The van der Waals surface area contributed by atoms with E-state index in [9.17, 15) is 0 Å². The van der Waals surface area contributed by atoms with Crippen molar-refractivity contribution in [3.05, 3.63) is 95.0 Å². The van der Waals surface area contributed by atoms with Crippen molar-refractivity contribution in [3.8, 4) is 11.1 Å². The van der Waals surface area contributed by atoms with Crippen molar-refractivity contribution in [2.24, 2.45) is 4.99 Å². The van der Waals surface area contributed by atoms with Crippen molar-refractivity contribution in [3.63, 3.8) is 0 Å². The van der Waals surface area contributed by atoms with E-state index in [4.69, 9.17) is 16.6 Å². The number of hydrogen-bond acceptors (Lipinski definition) is 1. The van der Waals surface area contributed by atoms with Gasteiger partial charge in [0.1, 0.15) is 0 Å². The number of hydrogen-bond donors (Lipinski definition) is 0. The second kappa shape index (κ2) is 6.62. The molecule has 0 spiro atoms. The normalized spacial score (nSPS) is 16.9. The summed E-state index contributed by atoms with van der Waals surface area (Å²) in [6.45, 7) is 0. The molecule has 1 atom stereocenters. The molecule has 0 N–H and O–H groups in total. The van der Waals surface area contributed by atoms with Gasteiger partial charge in [0.2, 0.25) is 0 Å². The molecule has 1 unspecified atom stereocenters. The van der Waals surface area contributed by atoms with Gasteiger partial charge in [0.15, 0.2) is 0 Å². The van der Waals surface area contributed by atoms with Crippen molar-refractivity contribution in [1.82, 2.24) is 0 Å². The van der Waals surface area contributed by atoms with Crippen LogP contribution in [0.15, 0.2) is 83.9 Å². The first-order valence-corrected chi connectivity index (χ1v) is 8.66. The van der Waals surface area contributed by atoms with Crippen LogP contribution < -0.4 is 0 Å². The molecule has 0 aromatic heterocycles. The predicted octanol–water partition coefficient (Wildman–Crippen LogP) is 6.33. The van der Waals surface area contributed by atoms with E-state index in [0.717, 1.165) is 29.1 Å². The summed E-state index contributed by atoms with van der Waals surface area (Å²) in [4.78, 5) is 4.92. The topological polar surface area (TPSA) is 12.4 Å². The van der Waals surface area contributed by atoms with E-state index in [0.29, 0.717) is 0 Å². The van der Waals surface area contributed by atoms with Crippen molar-refractivity contribution >= 4 is 17.3 Å². The molecule has 2 heteroatoms. The molecular weight excluding hydrogens is 314 g/mol. The Morgan fingerprint density at radius 3 is 2.17 bits per heavy atom. The molecule has 24 heavy (non-hydrogen) atoms. The Balaban J connectivity index is 1.58. The monoisotopic (exact) mass is 331 g/mol. The lowest BCUT2D eigenvalue weighted by atomic mass is 9.99. The van der Waals surface area contributed by atoms with E-state index < -0.39 is 0 Å². The zero-order chi connectivity index (χ0) is 16.4. The van der Waals surface area contributed by atoms with Crippen molar-refractivity contribution in [1.29, 1.82) is 0 Å². The minimum absolute atomic E-state index is 0.237. The number of benzene rings is 3. The van der Waals surface area contributed by atoms with Gasteiger partial charge in [-0.3, -0.25) is 4.99 Å². The van der Waals surface area contributed by atoms with Crippen molar-refractivity contribution in [2.75, 3.05) is 0 Å². The van der Waals surface area contributed by atoms with Crippen LogP contribution in [0.1, 0.15) is 30.0 Å². The third-order valence-corrected chi connectivity index (χ3v) is 4.88. The summed E-state index contributed by atoms with van der Waals surface area (Å²) in [6.07, 6.45) is 2.03. The summed E-state index contributed by atoms with van der Waals surface area (Å²) in [7, 11) is 0. The second-order valence-electron chi connectivity index (χ2n) is 6.10. The highest BCUT2D eigenvalue weighted by atomic mass is 35.5. The van der Waals surface area contributed by atoms with Crippen LogP contribution in [-0.4, -0.2) is 5.71 Å². The van der Waals surface area contributed by atoms with Gasteiger partial charge in [-0.15, -0.1) is 0 Å². The molecule has 0 saturated carbocycles. The summed E-state index contributed by atoms with van der Waals surface area (Å²) < 4.78 is 0. The SMILES string of the molecule is Clc1ccccc1C1=NC(c2ccc(-c3ccccc3)cc2)CC1. The van der Waals surface area contributed by atoms with Crippen LogP contribution in [0.3, 0.4) is 0 Å². The third kappa shape index (κ3) is 3.00. The Kier molecular flexibility index (Phi) is 4.18. The molecule has 0 saturated heterocycles. The van der Waals surface area contributed by atoms with E-state index in [1.807, 2.05) is 24.3 Å². The van der Waals surface area contributed by atoms with Gasteiger partial charge in [0, 0.05) is 16.3 Å². The molecule has 1 nitrogen and oxygen atoms in total. The van der Waals surface area contributed by atoms with Gasteiger partial charge in [-0.1, -0.05) is 84.4 Å². The maximum absolute atomic E-state index is 6.31. The Labute approximate surface area is 147 Å². The predicted molar refractivity (Wildman–Crippen MR) is 102 cm³/mol. The van der Waals surface area contributed by atoms with Crippen LogP contribution in [0, 0.1) is 0 Å². The minimum atomic E-state index is 0.237. The average molecular weight is 332 g/mol. The summed E-state index contributed by atoms with van der Waals surface area (Å²) >= 11 is 6.31. The molecule has 1 aliphatic heterocycles. The summed E-state index contributed by atoms with van der Waals surface area (Å²) in [6, 6.07) is 27.4. The Morgan fingerprint density at radius 2 is 1.42 bits per heavy atom. The minimum Gasteiger partial charge on any atom is -0.281 e. The lowest BCUT2D eigenvalue weighted by molar-refractivity contribution is 0.723. The lowest BCUT2D eigenvalue weighted by Crippen LogP contribution is -1.96. The Hall–Kier alpha value is -2.38. The van der Waals surface area contributed by atoms with Crippen LogP contribution in [0.4, 0.5) is 0 Å². The van der Waals surface area contributed by atoms with Gasteiger partial charge in [-0.2, -0.15) is 0 Å². The summed E-state index contributed by atoms with van der Waals surface area (Å²) in [5.41, 5.74) is 5.96. The molecule has 0 bridgehead atoms. The first-order valence-electron chi connectivity index (χ1n) is 8.28. The van der Waals surface area contributed by atoms with E-state index in [2.05, 4.69) is 54.6 Å². The van der Waals surface area contributed by atoms with Crippen molar-refractivity contribution in [2.45, 2.75) is 18.9 Å². The van der Waals surface area contributed by atoms with Gasteiger partial charge < -0.3 is 0 Å². The van der Waals surface area contributed by atoms with Crippen LogP contribution in [-0.2, 0) is 0 Å². The van der Waals surface area contributed by atoms with Gasteiger partial charge in [0.25, 0.3) is 0 Å². The fraction of sp³-hybridized carbons (Fsp3) is 0.136. The fourth-order valence-corrected chi connectivity index (χ4v) is 3.50. The standard InChI is InChI=1S/C22H18ClN/c23-20-9-5-4-8-19(20)22-15-14-21(24-22)18-12-10-17(11-13-18)16-6-2-1-3-7-16/h1-13,21H,14-15H2. The van der Waals surface area contributed by atoms with Gasteiger partial charge in [-0.25, -0.2) is 0 Å². The van der Waals surface area contributed by atoms with Crippen LogP contribution in [0.25, 0.3) is 11.1 Å². The number of halogens is 1. The van der Waals surface area contributed by atoms with Gasteiger partial charge >= 0.3 is 0 Å². The summed E-state index contributed by atoms with van der Waals surface area (Å²) in [5.74, 6) is 0. The molecule has 1 aliphatic rings. The molecule has 0 fully saturated rings. The molecule has 3 aromatic carbocycles. The Morgan fingerprint density at radius 1 is 0.750 bits per heavy atom. The molecule has 0 radical (unpaired) electrons. The van der Waals surface area contributed by atoms with E-state index in [-0.39, 0.29) is 6.04 Å². The first-order chi connectivity index (χ1) is 11.8. The molecule has 1 heterocycles.